The standard InChI is InChI=1S/C8H11NO2S2/c1-6-5-13-8(12)9(6)4-2-3-7(10)11/h5H,2-4H2,1H3,(H,10,11). The van der Waals surface area contributed by atoms with Gasteiger partial charge in [0.2, 0.25) is 0 Å². The van der Waals surface area contributed by atoms with Crippen molar-refractivity contribution >= 4 is 29.5 Å². The van der Waals surface area contributed by atoms with E-state index in [1.165, 1.54) is 11.3 Å². The van der Waals surface area contributed by atoms with Gasteiger partial charge in [0.25, 0.3) is 0 Å². The van der Waals surface area contributed by atoms with Crippen molar-refractivity contribution in [3.63, 3.8) is 0 Å². The number of carboxylic acid groups (broad SMARTS) is 1. The summed E-state index contributed by atoms with van der Waals surface area (Å²) in [6.45, 7) is 2.69. The molecule has 72 valence electrons. The molecule has 0 saturated heterocycles. The van der Waals surface area contributed by atoms with E-state index in [1.807, 2.05) is 16.9 Å². The van der Waals surface area contributed by atoms with Crippen molar-refractivity contribution in [2.45, 2.75) is 26.3 Å². The molecule has 1 rings (SSSR count). The molecule has 0 saturated carbocycles. The predicted octanol–water partition coefficient (Wildman–Crippen LogP) is 2.45. The highest BCUT2D eigenvalue weighted by molar-refractivity contribution is 7.73. The SMILES string of the molecule is Cc1csc(=S)n1CCCC(=O)O. The predicted molar refractivity (Wildman–Crippen MR) is 54.7 cm³/mol. The summed E-state index contributed by atoms with van der Waals surface area (Å²) in [5.41, 5.74) is 1.11. The Labute approximate surface area is 85.6 Å². The third-order valence-electron chi connectivity index (χ3n) is 1.75. The quantitative estimate of drug-likeness (QED) is 0.788. The van der Waals surface area contributed by atoms with Crippen molar-refractivity contribution in [3.05, 3.63) is 15.0 Å². The fourth-order valence-corrected chi connectivity index (χ4v) is 2.20. The largest absolute Gasteiger partial charge is 0.481 e. The van der Waals surface area contributed by atoms with Crippen molar-refractivity contribution < 1.29 is 9.90 Å². The summed E-state index contributed by atoms with van der Waals surface area (Å²) in [5, 5.41) is 10.4. The monoisotopic (exact) mass is 217 g/mol. The molecule has 0 radical (unpaired) electrons. The van der Waals surface area contributed by atoms with Crippen LogP contribution in [0.5, 0.6) is 0 Å². The average molecular weight is 217 g/mol. The number of carbonyl (C=O) groups is 1. The molecule has 0 aromatic carbocycles. The minimum Gasteiger partial charge on any atom is -0.481 e. The molecule has 3 nitrogen and oxygen atoms in total. The van der Waals surface area contributed by atoms with E-state index >= 15 is 0 Å². The maximum atomic E-state index is 10.3. The Morgan fingerprint density at radius 3 is 2.92 bits per heavy atom. The molecule has 1 aromatic rings. The van der Waals surface area contributed by atoms with Crippen LogP contribution in [-0.2, 0) is 11.3 Å². The Hall–Kier alpha value is -0.680. The zero-order chi connectivity index (χ0) is 9.84. The molecule has 0 bridgehead atoms. The van der Waals surface area contributed by atoms with Crippen molar-refractivity contribution in [1.82, 2.24) is 4.57 Å². The maximum Gasteiger partial charge on any atom is 0.303 e. The van der Waals surface area contributed by atoms with E-state index in [-0.39, 0.29) is 6.42 Å². The van der Waals surface area contributed by atoms with Crippen LogP contribution in [0, 0.1) is 10.9 Å². The van der Waals surface area contributed by atoms with Crippen molar-refractivity contribution in [1.29, 1.82) is 0 Å². The Kier molecular flexibility index (Phi) is 3.62. The first-order valence-corrected chi connectivity index (χ1v) is 5.27. The van der Waals surface area contributed by atoms with Gasteiger partial charge in [-0.15, -0.1) is 11.3 Å². The lowest BCUT2D eigenvalue weighted by molar-refractivity contribution is -0.137. The fourth-order valence-electron chi connectivity index (χ4n) is 1.06. The third-order valence-corrected chi connectivity index (χ3v) is 3.14. The van der Waals surface area contributed by atoms with E-state index in [4.69, 9.17) is 17.3 Å². The molecule has 0 aliphatic carbocycles. The van der Waals surface area contributed by atoms with E-state index in [9.17, 15) is 4.79 Å². The van der Waals surface area contributed by atoms with Gasteiger partial charge in [-0.2, -0.15) is 0 Å². The number of aromatic nitrogens is 1. The van der Waals surface area contributed by atoms with Gasteiger partial charge in [0, 0.05) is 24.0 Å². The van der Waals surface area contributed by atoms with Gasteiger partial charge in [-0.1, -0.05) is 0 Å². The molecule has 1 heterocycles. The van der Waals surface area contributed by atoms with Gasteiger partial charge in [0.05, 0.1) is 0 Å². The molecule has 0 spiro atoms. The average Bonchev–Trinajstić information content (AvgIpc) is 2.34. The van der Waals surface area contributed by atoms with E-state index in [0.717, 1.165) is 9.65 Å². The smallest absolute Gasteiger partial charge is 0.303 e. The second-order valence-corrected chi connectivity index (χ2v) is 4.30. The van der Waals surface area contributed by atoms with Gasteiger partial charge in [0.15, 0.2) is 3.95 Å². The second kappa shape index (κ2) is 4.53. The van der Waals surface area contributed by atoms with E-state index < -0.39 is 5.97 Å². The molecule has 5 heteroatoms. The van der Waals surface area contributed by atoms with E-state index in [1.54, 1.807) is 0 Å². The first-order valence-electron chi connectivity index (χ1n) is 3.98. The van der Waals surface area contributed by atoms with Gasteiger partial charge in [-0.05, 0) is 25.6 Å². The fraction of sp³-hybridized carbons (Fsp3) is 0.500. The van der Waals surface area contributed by atoms with Gasteiger partial charge >= 0.3 is 5.97 Å². The van der Waals surface area contributed by atoms with Crippen molar-refractivity contribution in [3.8, 4) is 0 Å². The van der Waals surface area contributed by atoms with Crippen LogP contribution in [0.15, 0.2) is 5.38 Å². The lowest BCUT2D eigenvalue weighted by Crippen LogP contribution is -2.03. The van der Waals surface area contributed by atoms with Crippen LogP contribution in [0.3, 0.4) is 0 Å². The molecule has 0 unspecified atom stereocenters. The molecule has 0 aliphatic heterocycles. The second-order valence-electron chi connectivity index (χ2n) is 2.79. The van der Waals surface area contributed by atoms with E-state index in [2.05, 4.69) is 0 Å². The van der Waals surface area contributed by atoms with Gasteiger partial charge < -0.3 is 9.67 Å². The third kappa shape index (κ3) is 2.93. The number of hydrogen-bond donors (Lipinski definition) is 1. The molecular formula is C8H11NO2S2. The molecular weight excluding hydrogens is 206 g/mol. The molecule has 0 fully saturated rings. The number of aryl methyl sites for hydroxylation is 1. The molecule has 1 N–H and O–H groups in total. The summed E-state index contributed by atoms with van der Waals surface area (Å²) in [6.07, 6.45) is 0.846. The maximum absolute atomic E-state index is 10.3. The zero-order valence-electron chi connectivity index (χ0n) is 7.32. The van der Waals surface area contributed by atoms with Crippen LogP contribution in [0.1, 0.15) is 18.5 Å². The number of carboxylic acids is 1. The Morgan fingerprint density at radius 2 is 2.46 bits per heavy atom. The number of nitrogens with zero attached hydrogens (tertiary/aromatic N) is 1. The molecule has 1 aromatic heterocycles. The van der Waals surface area contributed by atoms with Crippen molar-refractivity contribution in [2.75, 3.05) is 0 Å². The normalized spacial score (nSPS) is 10.2. The van der Waals surface area contributed by atoms with Crippen molar-refractivity contribution in [2.24, 2.45) is 0 Å². The Morgan fingerprint density at radius 1 is 1.77 bits per heavy atom. The summed E-state index contributed by atoms with van der Waals surface area (Å²) in [7, 11) is 0. The molecule has 0 aliphatic rings. The van der Waals surface area contributed by atoms with Crippen LogP contribution in [0.25, 0.3) is 0 Å². The first-order chi connectivity index (χ1) is 6.11. The minimum absolute atomic E-state index is 0.205. The number of rotatable bonds is 4. The van der Waals surface area contributed by atoms with Gasteiger partial charge in [-0.25, -0.2) is 0 Å². The lowest BCUT2D eigenvalue weighted by atomic mass is 10.3. The highest BCUT2D eigenvalue weighted by atomic mass is 32.1. The highest BCUT2D eigenvalue weighted by Crippen LogP contribution is 2.10. The lowest BCUT2D eigenvalue weighted by Gasteiger charge is -2.02. The minimum atomic E-state index is -0.751. The number of hydrogen-bond acceptors (Lipinski definition) is 3. The van der Waals surface area contributed by atoms with Crippen LogP contribution in [0.4, 0.5) is 0 Å². The topological polar surface area (TPSA) is 42.2 Å². The molecule has 13 heavy (non-hydrogen) atoms. The Balaban J connectivity index is 2.54. The zero-order valence-corrected chi connectivity index (χ0v) is 8.95. The van der Waals surface area contributed by atoms with Crippen LogP contribution in [0.2, 0.25) is 0 Å². The van der Waals surface area contributed by atoms with Gasteiger partial charge in [0.1, 0.15) is 0 Å². The van der Waals surface area contributed by atoms with Crippen LogP contribution in [-0.4, -0.2) is 15.6 Å². The summed E-state index contributed by atoms with van der Waals surface area (Å²) in [6, 6.07) is 0. The number of aliphatic carboxylic acids is 1. The Bertz CT molecular complexity index is 353. The molecule has 0 atom stereocenters. The van der Waals surface area contributed by atoms with Gasteiger partial charge in [-0.3, -0.25) is 4.79 Å². The van der Waals surface area contributed by atoms with Crippen LogP contribution >= 0.6 is 23.6 Å². The summed E-state index contributed by atoms with van der Waals surface area (Å²) in [4.78, 5) is 10.3. The van der Waals surface area contributed by atoms with E-state index in [0.29, 0.717) is 13.0 Å². The highest BCUT2D eigenvalue weighted by Gasteiger charge is 2.01. The first kappa shape index (κ1) is 10.4. The summed E-state index contributed by atoms with van der Waals surface area (Å²) >= 11 is 6.61. The summed E-state index contributed by atoms with van der Waals surface area (Å²) < 4.78 is 2.80. The van der Waals surface area contributed by atoms with Crippen LogP contribution < -0.4 is 0 Å². The molecule has 0 amide bonds. The summed E-state index contributed by atoms with van der Waals surface area (Å²) in [5.74, 6) is -0.751. The number of thiazole rings is 1.